The Morgan fingerprint density at radius 1 is 0.852 bits per heavy atom. The van der Waals surface area contributed by atoms with E-state index in [1.54, 1.807) is 6.07 Å². The SMILES string of the molecule is CN(C)c1ccc(C2=Cc3c(c(O)c4ccccc4c3O)C(C)(C)O2)cc1. The summed E-state index contributed by atoms with van der Waals surface area (Å²) in [6.45, 7) is 3.81. The van der Waals surface area contributed by atoms with Gasteiger partial charge >= 0.3 is 0 Å². The van der Waals surface area contributed by atoms with E-state index in [2.05, 4.69) is 0 Å². The highest BCUT2D eigenvalue weighted by Crippen LogP contribution is 2.50. The zero-order valence-corrected chi connectivity index (χ0v) is 15.9. The van der Waals surface area contributed by atoms with Crippen LogP contribution in [-0.4, -0.2) is 24.3 Å². The summed E-state index contributed by atoms with van der Waals surface area (Å²) in [5.74, 6) is 0.988. The van der Waals surface area contributed by atoms with Gasteiger partial charge in [0, 0.05) is 47.2 Å². The summed E-state index contributed by atoms with van der Waals surface area (Å²) in [5.41, 5.74) is 2.44. The molecule has 4 nitrogen and oxygen atoms in total. The number of phenols is 2. The van der Waals surface area contributed by atoms with Gasteiger partial charge in [-0.25, -0.2) is 0 Å². The number of anilines is 1. The molecule has 0 bridgehead atoms. The molecular formula is C23H23NO3. The molecule has 0 saturated carbocycles. The molecule has 4 rings (SSSR count). The molecule has 27 heavy (non-hydrogen) atoms. The Morgan fingerprint density at radius 2 is 1.44 bits per heavy atom. The molecule has 138 valence electrons. The first-order valence-corrected chi connectivity index (χ1v) is 8.95. The molecular weight excluding hydrogens is 338 g/mol. The number of aromatic hydroxyl groups is 2. The summed E-state index contributed by atoms with van der Waals surface area (Å²) in [7, 11) is 3.99. The van der Waals surface area contributed by atoms with Gasteiger partial charge in [0.2, 0.25) is 0 Å². The van der Waals surface area contributed by atoms with Crippen LogP contribution in [0.25, 0.3) is 22.6 Å². The maximum Gasteiger partial charge on any atom is 0.133 e. The van der Waals surface area contributed by atoms with Crippen LogP contribution in [0.4, 0.5) is 5.69 Å². The molecule has 3 aromatic carbocycles. The van der Waals surface area contributed by atoms with E-state index in [0.717, 1.165) is 11.3 Å². The molecule has 0 saturated heterocycles. The molecule has 0 amide bonds. The van der Waals surface area contributed by atoms with Gasteiger partial charge in [-0.2, -0.15) is 0 Å². The maximum absolute atomic E-state index is 10.9. The number of phenolic OH excluding ortho intramolecular Hbond substituents is 2. The Hall–Kier alpha value is -3.14. The van der Waals surface area contributed by atoms with Crippen molar-refractivity contribution < 1.29 is 14.9 Å². The van der Waals surface area contributed by atoms with Crippen molar-refractivity contribution in [1.29, 1.82) is 0 Å². The van der Waals surface area contributed by atoms with Crippen molar-refractivity contribution in [2.24, 2.45) is 0 Å². The van der Waals surface area contributed by atoms with Crippen molar-refractivity contribution in [2.75, 3.05) is 19.0 Å². The molecule has 0 aromatic heterocycles. The maximum atomic E-state index is 10.9. The molecule has 1 aliphatic rings. The third-order valence-corrected chi connectivity index (χ3v) is 5.11. The van der Waals surface area contributed by atoms with E-state index in [0.29, 0.717) is 27.7 Å². The minimum atomic E-state index is -0.786. The van der Waals surface area contributed by atoms with Crippen LogP contribution in [-0.2, 0) is 10.3 Å². The number of nitrogens with zero attached hydrogens (tertiary/aromatic N) is 1. The lowest BCUT2D eigenvalue weighted by Gasteiger charge is -2.35. The summed E-state index contributed by atoms with van der Waals surface area (Å²) in [6.07, 6.45) is 1.81. The van der Waals surface area contributed by atoms with Gasteiger partial charge < -0.3 is 19.8 Å². The number of hydrogen-bond acceptors (Lipinski definition) is 4. The molecule has 3 aromatic rings. The third kappa shape index (κ3) is 2.69. The average Bonchev–Trinajstić information content (AvgIpc) is 2.65. The van der Waals surface area contributed by atoms with E-state index in [1.807, 2.05) is 81.4 Å². The highest BCUT2D eigenvalue weighted by atomic mass is 16.5. The van der Waals surface area contributed by atoms with Crippen molar-refractivity contribution in [3.05, 3.63) is 65.2 Å². The highest BCUT2D eigenvalue weighted by molar-refractivity contribution is 6.00. The summed E-state index contributed by atoms with van der Waals surface area (Å²) in [6, 6.07) is 15.4. The van der Waals surface area contributed by atoms with Gasteiger partial charge in [0.25, 0.3) is 0 Å². The summed E-state index contributed by atoms with van der Waals surface area (Å²) >= 11 is 0. The predicted molar refractivity (Wildman–Crippen MR) is 110 cm³/mol. The number of hydrogen-bond donors (Lipinski definition) is 2. The zero-order valence-electron chi connectivity index (χ0n) is 15.9. The molecule has 1 heterocycles. The van der Waals surface area contributed by atoms with Gasteiger partial charge in [0.15, 0.2) is 0 Å². The lowest BCUT2D eigenvalue weighted by Crippen LogP contribution is -2.25. The Morgan fingerprint density at radius 3 is 2.04 bits per heavy atom. The summed E-state index contributed by atoms with van der Waals surface area (Å²) < 4.78 is 6.25. The fraction of sp³-hybridized carbons (Fsp3) is 0.217. The Balaban J connectivity index is 1.94. The van der Waals surface area contributed by atoms with E-state index >= 15 is 0 Å². The van der Waals surface area contributed by atoms with Crippen LogP contribution in [0.15, 0.2) is 48.5 Å². The number of rotatable bonds is 2. The Bertz CT molecular complexity index is 1060. The van der Waals surface area contributed by atoms with E-state index in [4.69, 9.17) is 4.74 Å². The normalized spacial score (nSPS) is 15.0. The van der Waals surface area contributed by atoms with Gasteiger partial charge in [-0.3, -0.25) is 0 Å². The van der Waals surface area contributed by atoms with Crippen molar-refractivity contribution >= 4 is 28.3 Å². The Labute approximate surface area is 158 Å². The van der Waals surface area contributed by atoms with Crippen molar-refractivity contribution in [3.8, 4) is 11.5 Å². The van der Waals surface area contributed by atoms with Crippen molar-refractivity contribution in [1.82, 2.24) is 0 Å². The minimum Gasteiger partial charge on any atom is -0.507 e. The number of benzene rings is 3. The first-order chi connectivity index (χ1) is 12.8. The largest absolute Gasteiger partial charge is 0.507 e. The fourth-order valence-corrected chi connectivity index (χ4v) is 3.72. The smallest absolute Gasteiger partial charge is 0.133 e. The highest BCUT2D eigenvalue weighted by Gasteiger charge is 2.36. The molecule has 0 unspecified atom stereocenters. The van der Waals surface area contributed by atoms with Crippen molar-refractivity contribution in [3.63, 3.8) is 0 Å². The number of fused-ring (bicyclic) bond motifs is 2. The van der Waals surface area contributed by atoms with Gasteiger partial charge in [-0.05, 0) is 44.2 Å². The van der Waals surface area contributed by atoms with Crippen LogP contribution >= 0.6 is 0 Å². The van der Waals surface area contributed by atoms with Crippen LogP contribution in [0.3, 0.4) is 0 Å². The van der Waals surface area contributed by atoms with Crippen LogP contribution in [0.1, 0.15) is 30.5 Å². The van der Waals surface area contributed by atoms with E-state index in [9.17, 15) is 10.2 Å². The molecule has 0 fully saturated rings. The first kappa shape index (κ1) is 17.3. The lowest BCUT2D eigenvalue weighted by atomic mass is 9.85. The van der Waals surface area contributed by atoms with E-state index in [-0.39, 0.29) is 11.5 Å². The third-order valence-electron chi connectivity index (χ3n) is 5.11. The molecule has 0 radical (unpaired) electrons. The van der Waals surface area contributed by atoms with Gasteiger partial charge in [-0.15, -0.1) is 0 Å². The molecule has 2 N–H and O–H groups in total. The van der Waals surface area contributed by atoms with Gasteiger partial charge in [0.05, 0.1) is 0 Å². The lowest BCUT2D eigenvalue weighted by molar-refractivity contribution is 0.0702. The van der Waals surface area contributed by atoms with Gasteiger partial charge in [0.1, 0.15) is 22.9 Å². The molecule has 0 atom stereocenters. The molecule has 0 aliphatic carbocycles. The second kappa shape index (κ2) is 5.95. The fourth-order valence-electron chi connectivity index (χ4n) is 3.72. The second-order valence-electron chi connectivity index (χ2n) is 7.59. The number of ether oxygens (including phenoxy) is 1. The summed E-state index contributed by atoms with van der Waals surface area (Å²) in [5, 5.41) is 23.1. The average molecular weight is 361 g/mol. The first-order valence-electron chi connectivity index (χ1n) is 8.95. The predicted octanol–water partition coefficient (Wildman–Crippen LogP) is 5.08. The quantitative estimate of drug-likeness (QED) is 0.625. The monoisotopic (exact) mass is 361 g/mol. The zero-order chi connectivity index (χ0) is 19.3. The molecule has 1 aliphatic heterocycles. The minimum absolute atomic E-state index is 0.154. The van der Waals surface area contributed by atoms with Crippen LogP contribution in [0.2, 0.25) is 0 Å². The van der Waals surface area contributed by atoms with E-state index in [1.165, 1.54) is 0 Å². The van der Waals surface area contributed by atoms with Gasteiger partial charge in [-0.1, -0.05) is 24.3 Å². The van der Waals surface area contributed by atoms with Crippen LogP contribution in [0, 0.1) is 0 Å². The summed E-state index contributed by atoms with van der Waals surface area (Å²) in [4.78, 5) is 2.04. The molecule has 0 spiro atoms. The molecule has 4 heteroatoms. The standard InChI is InChI=1S/C23H23NO3/c1-23(2)20-18(21(25)16-7-5-6-8-17(16)22(20)26)13-19(27-23)14-9-11-15(12-10-14)24(3)4/h5-13,25-26H,1-4H3. The van der Waals surface area contributed by atoms with Crippen molar-refractivity contribution in [2.45, 2.75) is 19.4 Å². The van der Waals surface area contributed by atoms with E-state index < -0.39 is 5.60 Å². The van der Waals surface area contributed by atoms with Crippen LogP contribution < -0.4 is 4.90 Å². The van der Waals surface area contributed by atoms with Crippen LogP contribution in [0.5, 0.6) is 11.5 Å². The Kier molecular flexibility index (Phi) is 3.81. The topological polar surface area (TPSA) is 52.9 Å². The second-order valence-corrected chi connectivity index (χ2v) is 7.59.